The molecule has 0 saturated heterocycles. The van der Waals surface area contributed by atoms with Gasteiger partial charge in [0.2, 0.25) is 15.9 Å². The SMILES string of the molecule is COc1ccc(CN(C)C(=O)[C@@H](C)N(c2ccc(Cl)cc2)S(C)(=O)=O)cc1. The average Bonchev–Trinajstić information content (AvgIpc) is 2.62. The van der Waals surface area contributed by atoms with E-state index in [1.165, 1.54) is 4.90 Å². The maximum absolute atomic E-state index is 12.9. The topological polar surface area (TPSA) is 66.9 Å². The van der Waals surface area contributed by atoms with Crippen LogP contribution >= 0.6 is 11.6 Å². The first-order valence-corrected chi connectivity index (χ1v) is 10.5. The molecule has 0 aliphatic heterocycles. The van der Waals surface area contributed by atoms with Crippen LogP contribution in [0.25, 0.3) is 0 Å². The van der Waals surface area contributed by atoms with Gasteiger partial charge >= 0.3 is 0 Å². The average molecular weight is 411 g/mol. The van der Waals surface area contributed by atoms with Gasteiger partial charge in [0.05, 0.1) is 19.1 Å². The van der Waals surface area contributed by atoms with Gasteiger partial charge in [0, 0.05) is 18.6 Å². The number of anilines is 1. The van der Waals surface area contributed by atoms with Crippen molar-refractivity contribution < 1.29 is 17.9 Å². The number of rotatable bonds is 7. The summed E-state index contributed by atoms with van der Waals surface area (Å²) in [5, 5.41) is 0.489. The summed E-state index contributed by atoms with van der Waals surface area (Å²) >= 11 is 5.88. The number of benzene rings is 2. The molecule has 0 unspecified atom stereocenters. The summed E-state index contributed by atoms with van der Waals surface area (Å²) in [6.45, 7) is 1.92. The van der Waals surface area contributed by atoms with Crippen LogP contribution in [-0.4, -0.2) is 45.7 Å². The van der Waals surface area contributed by atoms with Gasteiger partial charge in [0.25, 0.3) is 0 Å². The molecule has 0 radical (unpaired) electrons. The molecule has 8 heteroatoms. The number of nitrogens with zero attached hydrogens (tertiary/aromatic N) is 2. The summed E-state index contributed by atoms with van der Waals surface area (Å²) in [5.41, 5.74) is 1.30. The summed E-state index contributed by atoms with van der Waals surface area (Å²) in [5.74, 6) is 0.415. The van der Waals surface area contributed by atoms with Gasteiger partial charge in [-0.25, -0.2) is 8.42 Å². The van der Waals surface area contributed by atoms with Crippen LogP contribution in [0.2, 0.25) is 5.02 Å². The molecule has 2 aromatic carbocycles. The molecule has 0 bridgehead atoms. The molecule has 0 aromatic heterocycles. The van der Waals surface area contributed by atoms with E-state index < -0.39 is 16.1 Å². The van der Waals surface area contributed by atoms with Crippen molar-refractivity contribution in [1.82, 2.24) is 4.90 Å². The maximum Gasteiger partial charge on any atom is 0.246 e. The van der Waals surface area contributed by atoms with Crippen LogP contribution in [0.1, 0.15) is 12.5 Å². The van der Waals surface area contributed by atoms with Gasteiger partial charge in [-0.3, -0.25) is 9.10 Å². The quantitative estimate of drug-likeness (QED) is 0.703. The highest BCUT2D eigenvalue weighted by atomic mass is 35.5. The van der Waals surface area contributed by atoms with Crippen molar-refractivity contribution in [2.45, 2.75) is 19.5 Å². The van der Waals surface area contributed by atoms with E-state index >= 15 is 0 Å². The Morgan fingerprint density at radius 3 is 2.15 bits per heavy atom. The molecule has 0 aliphatic rings. The van der Waals surface area contributed by atoms with Gasteiger partial charge in [-0.05, 0) is 48.9 Å². The zero-order chi connectivity index (χ0) is 20.2. The Morgan fingerprint density at radius 1 is 1.11 bits per heavy atom. The first-order chi connectivity index (χ1) is 12.6. The Balaban J connectivity index is 2.21. The number of likely N-dealkylation sites (N-methyl/N-ethyl adjacent to an activating group) is 1. The predicted molar refractivity (Wildman–Crippen MR) is 108 cm³/mol. The van der Waals surface area contributed by atoms with E-state index in [0.717, 1.165) is 21.9 Å². The van der Waals surface area contributed by atoms with Crippen LogP contribution in [0.4, 0.5) is 5.69 Å². The molecule has 6 nitrogen and oxygen atoms in total. The maximum atomic E-state index is 12.9. The number of hydrogen-bond acceptors (Lipinski definition) is 4. The first kappa shape index (κ1) is 21.1. The number of carbonyl (C=O) groups excluding carboxylic acids is 1. The van der Waals surface area contributed by atoms with Crippen LogP contribution < -0.4 is 9.04 Å². The fraction of sp³-hybridized carbons (Fsp3) is 0.316. The Morgan fingerprint density at radius 2 is 1.67 bits per heavy atom. The summed E-state index contributed by atoms with van der Waals surface area (Å²) in [6.07, 6.45) is 1.08. The zero-order valence-electron chi connectivity index (χ0n) is 15.7. The lowest BCUT2D eigenvalue weighted by atomic mass is 10.2. The highest BCUT2D eigenvalue weighted by Gasteiger charge is 2.30. The summed E-state index contributed by atoms with van der Waals surface area (Å²) in [6, 6.07) is 12.8. The molecule has 2 rings (SSSR count). The number of amides is 1. The minimum atomic E-state index is -3.66. The second-order valence-corrected chi connectivity index (χ2v) is 8.55. The van der Waals surface area contributed by atoms with Gasteiger partial charge in [0.1, 0.15) is 11.8 Å². The van der Waals surface area contributed by atoms with E-state index in [-0.39, 0.29) is 5.91 Å². The number of carbonyl (C=O) groups is 1. The third-order valence-corrected chi connectivity index (χ3v) is 5.60. The molecule has 0 aliphatic carbocycles. The fourth-order valence-electron chi connectivity index (χ4n) is 2.79. The van der Waals surface area contributed by atoms with Crippen LogP contribution in [0.5, 0.6) is 5.75 Å². The van der Waals surface area contributed by atoms with Gasteiger partial charge in [-0.2, -0.15) is 0 Å². The van der Waals surface area contributed by atoms with Crippen LogP contribution in [0.15, 0.2) is 48.5 Å². The van der Waals surface area contributed by atoms with E-state index in [1.807, 2.05) is 24.3 Å². The van der Waals surface area contributed by atoms with Crippen LogP contribution in [0.3, 0.4) is 0 Å². The van der Waals surface area contributed by atoms with E-state index in [4.69, 9.17) is 16.3 Å². The lowest BCUT2D eigenvalue weighted by Gasteiger charge is -2.31. The smallest absolute Gasteiger partial charge is 0.246 e. The Labute approximate surface area is 165 Å². The standard InChI is InChI=1S/C19H23ClN2O4S/c1-14(22(27(4,24)25)17-9-7-16(20)8-10-17)19(23)21(2)13-15-5-11-18(26-3)12-6-15/h5-12,14H,13H2,1-4H3/t14-/m1/s1. The van der Waals surface area contributed by atoms with E-state index in [1.54, 1.807) is 45.3 Å². The highest BCUT2D eigenvalue weighted by molar-refractivity contribution is 7.92. The van der Waals surface area contributed by atoms with Crippen LogP contribution in [0, 0.1) is 0 Å². The van der Waals surface area contributed by atoms with E-state index in [2.05, 4.69) is 0 Å². The number of ether oxygens (including phenoxy) is 1. The van der Waals surface area contributed by atoms with Crippen molar-refractivity contribution in [3.05, 3.63) is 59.1 Å². The lowest BCUT2D eigenvalue weighted by Crippen LogP contribution is -2.48. The van der Waals surface area contributed by atoms with Crippen molar-refractivity contribution in [3.63, 3.8) is 0 Å². The van der Waals surface area contributed by atoms with Crippen molar-refractivity contribution in [1.29, 1.82) is 0 Å². The van der Waals surface area contributed by atoms with Crippen molar-refractivity contribution in [3.8, 4) is 5.75 Å². The van der Waals surface area contributed by atoms with Crippen molar-refractivity contribution in [2.75, 3.05) is 24.7 Å². The highest BCUT2D eigenvalue weighted by Crippen LogP contribution is 2.24. The van der Waals surface area contributed by atoms with Crippen LogP contribution in [-0.2, 0) is 21.4 Å². The van der Waals surface area contributed by atoms with E-state index in [9.17, 15) is 13.2 Å². The summed E-state index contributed by atoms with van der Waals surface area (Å²) < 4.78 is 30.9. The Kier molecular flexibility index (Phi) is 6.73. The molecule has 0 N–H and O–H groups in total. The largest absolute Gasteiger partial charge is 0.497 e. The number of sulfonamides is 1. The number of halogens is 1. The van der Waals surface area contributed by atoms with E-state index in [0.29, 0.717) is 17.3 Å². The Bertz CT molecular complexity index is 883. The molecule has 0 saturated carbocycles. The molecular formula is C19H23ClN2O4S. The van der Waals surface area contributed by atoms with Gasteiger partial charge < -0.3 is 9.64 Å². The summed E-state index contributed by atoms with van der Waals surface area (Å²) in [7, 11) is -0.434. The Hall–Kier alpha value is -2.25. The number of hydrogen-bond donors (Lipinski definition) is 0. The third kappa shape index (κ3) is 5.37. The minimum Gasteiger partial charge on any atom is -0.497 e. The second kappa shape index (κ2) is 8.63. The van der Waals surface area contributed by atoms with Gasteiger partial charge in [-0.1, -0.05) is 23.7 Å². The normalized spacial score (nSPS) is 12.3. The molecule has 0 spiro atoms. The van der Waals surface area contributed by atoms with Gasteiger partial charge in [0.15, 0.2) is 0 Å². The fourth-order valence-corrected chi connectivity index (χ4v) is 4.09. The molecule has 1 atom stereocenters. The van der Waals surface area contributed by atoms with Crippen molar-refractivity contribution in [2.24, 2.45) is 0 Å². The molecule has 1 amide bonds. The minimum absolute atomic E-state index is 0.314. The van der Waals surface area contributed by atoms with Crippen molar-refractivity contribution >= 4 is 33.2 Å². The molecular weight excluding hydrogens is 388 g/mol. The first-order valence-electron chi connectivity index (χ1n) is 8.26. The third-order valence-electron chi connectivity index (χ3n) is 4.10. The monoisotopic (exact) mass is 410 g/mol. The number of methoxy groups -OCH3 is 1. The summed E-state index contributed by atoms with van der Waals surface area (Å²) in [4.78, 5) is 14.4. The molecule has 0 heterocycles. The molecule has 146 valence electrons. The molecule has 0 fully saturated rings. The predicted octanol–water partition coefficient (Wildman–Crippen LogP) is 3.16. The second-order valence-electron chi connectivity index (χ2n) is 6.25. The lowest BCUT2D eigenvalue weighted by molar-refractivity contribution is -0.131. The molecule has 2 aromatic rings. The molecule has 27 heavy (non-hydrogen) atoms. The zero-order valence-corrected chi connectivity index (χ0v) is 17.3. The van der Waals surface area contributed by atoms with Gasteiger partial charge in [-0.15, -0.1) is 0 Å².